The summed E-state index contributed by atoms with van der Waals surface area (Å²) in [6, 6.07) is 8.75. The van der Waals surface area contributed by atoms with E-state index in [1.807, 2.05) is 6.07 Å². The summed E-state index contributed by atoms with van der Waals surface area (Å²) in [5, 5.41) is 0. The van der Waals surface area contributed by atoms with Crippen molar-refractivity contribution < 1.29 is 60.9 Å². The van der Waals surface area contributed by atoms with Crippen LogP contribution in [-0.2, 0) is 24.1 Å². The summed E-state index contributed by atoms with van der Waals surface area (Å²) in [7, 11) is -4.98. The third kappa shape index (κ3) is 11.7. The van der Waals surface area contributed by atoms with Crippen molar-refractivity contribution in [3.63, 3.8) is 0 Å². The number of ether oxygens (including phenoxy) is 3. The second-order valence-electron chi connectivity index (χ2n) is 6.43. The molecule has 29 heavy (non-hydrogen) atoms. The molecule has 0 radical (unpaired) electrons. The molecule has 0 heterocycles. The Labute approximate surface area is 197 Å². The Morgan fingerprint density at radius 1 is 0.931 bits per heavy atom. The van der Waals surface area contributed by atoms with Crippen molar-refractivity contribution in [2.75, 3.05) is 13.2 Å². The molecule has 0 spiro atoms. The van der Waals surface area contributed by atoms with Gasteiger partial charge in [0.1, 0.15) is 5.75 Å². The Hall–Kier alpha value is -0.190. The molecular weight excluding hydrogens is 407 g/mol. The van der Waals surface area contributed by atoms with Gasteiger partial charge >= 0.3 is 35.5 Å². The van der Waals surface area contributed by atoms with E-state index in [9.17, 15) is 13.0 Å². The van der Waals surface area contributed by atoms with Crippen LogP contribution in [0, 0.1) is 0 Å². The summed E-state index contributed by atoms with van der Waals surface area (Å²) in [5.74, 6) is -1.41. The minimum Gasteiger partial charge on any atom is -0.726 e. The zero-order valence-corrected chi connectivity index (χ0v) is 20.9. The number of unbranched alkanes of at least 4 members (excludes halogenated alkanes) is 5. The Balaban J connectivity index is 0.00000784. The topological polar surface area (TPSA) is 94.1 Å². The zero-order chi connectivity index (χ0) is 20.9. The van der Waals surface area contributed by atoms with Crippen LogP contribution >= 0.6 is 0 Å². The van der Waals surface area contributed by atoms with E-state index >= 15 is 0 Å². The van der Waals surface area contributed by atoms with Crippen LogP contribution in [0.15, 0.2) is 30.3 Å². The van der Waals surface area contributed by atoms with Crippen molar-refractivity contribution in [1.29, 1.82) is 0 Å². The van der Waals surface area contributed by atoms with Crippen molar-refractivity contribution in [3.8, 4) is 5.75 Å². The maximum absolute atomic E-state index is 11.4. The van der Waals surface area contributed by atoms with Gasteiger partial charge in [0.25, 0.3) is 0 Å². The third-order valence-electron chi connectivity index (χ3n) is 4.14. The molecule has 0 bridgehead atoms. The number of benzene rings is 1. The maximum atomic E-state index is 11.4. The minimum absolute atomic E-state index is 0. The van der Waals surface area contributed by atoms with Crippen LogP contribution in [-0.4, -0.2) is 38.3 Å². The molecule has 0 saturated carbocycles. The molecule has 1 atom stereocenters. The summed E-state index contributed by atoms with van der Waals surface area (Å²) in [4.78, 5) is 0. The first kappa shape index (κ1) is 28.8. The van der Waals surface area contributed by atoms with Crippen LogP contribution in [0.25, 0.3) is 0 Å². The molecule has 0 fully saturated rings. The molecule has 1 unspecified atom stereocenters. The predicted octanol–water partition coefficient (Wildman–Crippen LogP) is 1.39. The SMILES string of the molecule is CCCCCCCCC(OS(=O)(=O)[O-])C(OCC)(OCC)Oc1ccccc1.[Na+]. The second kappa shape index (κ2) is 15.6. The maximum Gasteiger partial charge on any atom is 1.00 e. The first-order valence-electron chi connectivity index (χ1n) is 10.0. The summed E-state index contributed by atoms with van der Waals surface area (Å²) in [5.41, 5.74) is 0. The Bertz CT molecular complexity index is 619. The summed E-state index contributed by atoms with van der Waals surface area (Å²) >= 11 is 0. The van der Waals surface area contributed by atoms with Gasteiger partial charge < -0.3 is 18.8 Å². The van der Waals surface area contributed by atoms with Gasteiger partial charge in [-0.15, -0.1) is 0 Å². The van der Waals surface area contributed by atoms with Gasteiger partial charge in [0.15, 0.2) is 6.10 Å². The Kier molecular flexibility index (Phi) is 15.5. The number of hydrogen-bond donors (Lipinski definition) is 0. The summed E-state index contributed by atoms with van der Waals surface area (Å²) in [6.07, 6.45) is 5.02. The minimum atomic E-state index is -4.98. The monoisotopic (exact) mass is 440 g/mol. The molecular formula is C20H33NaO7S. The molecule has 0 saturated heterocycles. The van der Waals surface area contributed by atoms with Crippen molar-refractivity contribution >= 4 is 10.4 Å². The van der Waals surface area contributed by atoms with Gasteiger partial charge in [-0.25, -0.2) is 8.42 Å². The van der Waals surface area contributed by atoms with Crippen molar-refractivity contribution in [1.82, 2.24) is 0 Å². The smallest absolute Gasteiger partial charge is 0.726 e. The Morgan fingerprint density at radius 3 is 2.00 bits per heavy atom. The molecule has 162 valence electrons. The van der Waals surface area contributed by atoms with Crippen LogP contribution < -0.4 is 34.3 Å². The van der Waals surface area contributed by atoms with Gasteiger partial charge in [0, 0.05) is 0 Å². The fourth-order valence-electron chi connectivity index (χ4n) is 2.94. The predicted molar refractivity (Wildman–Crippen MR) is 106 cm³/mol. The molecule has 1 aromatic rings. The van der Waals surface area contributed by atoms with Crippen LogP contribution in [0.3, 0.4) is 0 Å². The molecule has 1 rings (SSSR count). The standard InChI is InChI=1S/C20H34O7S.Na/c1-4-7-8-9-10-14-17-19(27-28(21,22)23)20(24-5-2,25-6-3)26-18-15-12-11-13-16-18;/h11-13,15-16,19H,4-10,14,17H2,1-3H3,(H,21,22,23);/q;+1/p-1. The van der Waals surface area contributed by atoms with E-state index in [4.69, 9.17) is 18.4 Å². The molecule has 7 nitrogen and oxygen atoms in total. The molecule has 0 N–H and O–H groups in total. The van der Waals surface area contributed by atoms with Crippen molar-refractivity contribution in [2.45, 2.75) is 77.8 Å². The molecule has 1 aromatic carbocycles. The van der Waals surface area contributed by atoms with Gasteiger partial charge in [-0.05, 0) is 32.4 Å². The van der Waals surface area contributed by atoms with E-state index in [-0.39, 0.29) is 49.2 Å². The summed E-state index contributed by atoms with van der Waals surface area (Å²) < 4.78 is 56.3. The van der Waals surface area contributed by atoms with Crippen molar-refractivity contribution in [3.05, 3.63) is 30.3 Å². The van der Waals surface area contributed by atoms with Crippen LogP contribution in [0.2, 0.25) is 0 Å². The van der Waals surface area contributed by atoms with E-state index in [1.54, 1.807) is 38.1 Å². The third-order valence-corrected chi connectivity index (χ3v) is 4.61. The van der Waals surface area contributed by atoms with E-state index < -0.39 is 22.5 Å². The van der Waals surface area contributed by atoms with E-state index in [1.165, 1.54) is 0 Å². The van der Waals surface area contributed by atoms with E-state index in [0.717, 1.165) is 32.1 Å². The fourth-order valence-corrected chi connectivity index (χ4v) is 3.44. The quantitative estimate of drug-likeness (QED) is 0.126. The summed E-state index contributed by atoms with van der Waals surface area (Å²) in [6.45, 7) is 5.97. The zero-order valence-electron chi connectivity index (χ0n) is 18.1. The van der Waals surface area contributed by atoms with Crippen LogP contribution in [0.5, 0.6) is 5.75 Å². The van der Waals surface area contributed by atoms with E-state index in [0.29, 0.717) is 12.2 Å². The van der Waals surface area contributed by atoms with Crippen LogP contribution in [0.4, 0.5) is 0 Å². The number of rotatable bonds is 16. The number of hydrogen-bond acceptors (Lipinski definition) is 7. The second-order valence-corrected chi connectivity index (χ2v) is 7.44. The van der Waals surface area contributed by atoms with Crippen molar-refractivity contribution in [2.24, 2.45) is 0 Å². The van der Waals surface area contributed by atoms with Gasteiger partial charge in [-0.2, -0.15) is 0 Å². The first-order chi connectivity index (χ1) is 13.4. The molecule has 0 amide bonds. The average Bonchev–Trinajstić information content (AvgIpc) is 2.64. The van der Waals surface area contributed by atoms with Gasteiger partial charge in [0.2, 0.25) is 10.4 Å². The van der Waals surface area contributed by atoms with Gasteiger partial charge in [-0.3, -0.25) is 4.18 Å². The molecule has 0 aromatic heterocycles. The normalized spacial score (nSPS) is 13.0. The van der Waals surface area contributed by atoms with Gasteiger partial charge in [0.05, 0.1) is 13.2 Å². The Morgan fingerprint density at radius 2 is 1.48 bits per heavy atom. The molecule has 0 aliphatic heterocycles. The molecule has 0 aliphatic rings. The molecule has 9 heteroatoms. The average molecular weight is 441 g/mol. The van der Waals surface area contributed by atoms with Crippen LogP contribution in [0.1, 0.15) is 65.7 Å². The fraction of sp³-hybridized carbons (Fsp3) is 0.700. The van der Waals surface area contributed by atoms with Gasteiger partial charge in [-0.1, -0.05) is 63.6 Å². The first-order valence-corrected chi connectivity index (χ1v) is 11.4. The largest absolute Gasteiger partial charge is 1.00 e. The van der Waals surface area contributed by atoms with E-state index in [2.05, 4.69) is 6.92 Å². The number of para-hydroxylation sites is 1. The molecule has 0 aliphatic carbocycles.